The molecule has 0 fully saturated rings. The zero-order valence-electron chi connectivity index (χ0n) is 12.0. The number of hydrogen-bond acceptors (Lipinski definition) is 3. The first-order valence-corrected chi connectivity index (χ1v) is 7.12. The van der Waals surface area contributed by atoms with E-state index in [-0.39, 0.29) is 40.5 Å². The van der Waals surface area contributed by atoms with Crippen LogP contribution in [-0.2, 0) is 17.8 Å². The van der Waals surface area contributed by atoms with Gasteiger partial charge in [0.2, 0.25) is 5.91 Å². The second-order valence-corrected chi connectivity index (χ2v) is 5.24. The second kappa shape index (κ2) is 7.39. The van der Waals surface area contributed by atoms with E-state index in [0.29, 0.717) is 0 Å². The van der Waals surface area contributed by atoms with Gasteiger partial charge in [-0.05, 0) is 36.2 Å². The van der Waals surface area contributed by atoms with Crippen molar-refractivity contribution in [1.82, 2.24) is 0 Å². The maximum absolute atomic E-state index is 14.4. The van der Waals surface area contributed by atoms with E-state index in [0.717, 1.165) is 6.07 Å². The smallest absolute Gasteiger partial charge is 0.217 e. The molecule has 3 N–H and O–H groups in total. The molecular formula is C16H14ClF2NO3. The molecule has 23 heavy (non-hydrogen) atoms. The first-order chi connectivity index (χ1) is 10.9. The van der Waals surface area contributed by atoms with Crippen molar-refractivity contribution in [2.24, 2.45) is 5.73 Å². The molecule has 0 saturated heterocycles. The lowest BCUT2D eigenvalue weighted by Gasteiger charge is -2.12. The summed E-state index contributed by atoms with van der Waals surface area (Å²) in [5.41, 5.74) is 5.30. The summed E-state index contributed by atoms with van der Waals surface area (Å²) in [5.74, 6) is -1.96. The predicted molar refractivity (Wildman–Crippen MR) is 81.3 cm³/mol. The van der Waals surface area contributed by atoms with Gasteiger partial charge in [-0.1, -0.05) is 17.7 Å². The monoisotopic (exact) mass is 341 g/mol. The molecule has 0 aliphatic rings. The van der Waals surface area contributed by atoms with Crippen molar-refractivity contribution < 1.29 is 23.4 Å². The van der Waals surface area contributed by atoms with E-state index in [1.807, 2.05) is 0 Å². The Bertz CT molecular complexity index is 738. The average molecular weight is 342 g/mol. The molecule has 0 heterocycles. The Morgan fingerprint density at radius 2 is 1.96 bits per heavy atom. The van der Waals surface area contributed by atoms with Gasteiger partial charge in [-0.3, -0.25) is 4.79 Å². The summed E-state index contributed by atoms with van der Waals surface area (Å²) in [6, 6.07) is 6.52. The summed E-state index contributed by atoms with van der Waals surface area (Å²) in [6.07, 6.45) is 0.100. The van der Waals surface area contributed by atoms with Crippen LogP contribution in [0.25, 0.3) is 0 Å². The van der Waals surface area contributed by atoms with Gasteiger partial charge in [0.1, 0.15) is 11.6 Å². The van der Waals surface area contributed by atoms with E-state index in [1.165, 1.54) is 24.3 Å². The molecule has 2 aromatic carbocycles. The van der Waals surface area contributed by atoms with Crippen molar-refractivity contribution in [1.29, 1.82) is 0 Å². The third-order valence-electron chi connectivity index (χ3n) is 3.18. The van der Waals surface area contributed by atoms with Crippen LogP contribution in [-0.4, -0.2) is 11.0 Å². The van der Waals surface area contributed by atoms with Crippen molar-refractivity contribution in [2.75, 3.05) is 0 Å². The Labute approximate surface area is 136 Å². The van der Waals surface area contributed by atoms with Crippen LogP contribution in [0.4, 0.5) is 8.78 Å². The van der Waals surface area contributed by atoms with E-state index < -0.39 is 24.1 Å². The van der Waals surface area contributed by atoms with E-state index in [9.17, 15) is 13.6 Å². The quantitative estimate of drug-likeness (QED) is 0.846. The number of nitrogens with two attached hydrogens (primary N) is 1. The zero-order valence-corrected chi connectivity index (χ0v) is 12.7. The highest BCUT2D eigenvalue weighted by Crippen LogP contribution is 2.34. The van der Waals surface area contributed by atoms with Crippen LogP contribution in [0.5, 0.6) is 11.5 Å². The number of hydrogen-bond donors (Lipinski definition) is 2. The van der Waals surface area contributed by atoms with Gasteiger partial charge >= 0.3 is 0 Å². The highest BCUT2D eigenvalue weighted by atomic mass is 35.5. The zero-order chi connectivity index (χ0) is 17.0. The standard InChI is InChI=1S/C16H14ClF2NO3/c17-12-4-1-9(2-6-14(20)22)15(19)16(12)23-11-3-5-13(18)10(7-11)8-21/h1,3-5,7,21H,2,6,8H2,(H2,20,22). The molecule has 0 aromatic heterocycles. The third-order valence-corrected chi connectivity index (χ3v) is 3.47. The number of aliphatic hydroxyl groups excluding tert-OH is 1. The molecule has 7 heteroatoms. The van der Waals surface area contributed by atoms with Gasteiger partial charge in [-0.2, -0.15) is 0 Å². The Hall–Kier alpha value is -2.18. The van der Waals surface area contributed by atoms with Gasteiger partial charge < -0.3 is 15.6 Å². The second-order valence-electron chi connectivity index (χ2n) is 4.83. The number of aryl methyl sites for hydroxylation is 1. The van der Waals surface area contributed by atoms with E-state index in [1.54, 1.807) is 0 Å². The number of carbonyl (C=O) groups is 1. The number of ether oxygens (including phenoxy) is 1. The molecule has 0 bridgehead atoms. The normalized spacial score (nSPS) is 10.6. The maximum atomic E-state index is 14.4. The highest BCUT2D eigenvalue weighted by molar-refractivity contribution is 6.32. The van der Waals surface area contributed by atoms with Crippen LogP contribution in [0, 0.1) is 11.6 Å². The number of carbonyl (C=O) groups excluding carboxylic acids is 1. The molecular weight excluding hydrogens is 328 g/mol. The molecule has 122 valence electrons. The molecule has 0 saturated carbocycles. The fourth-order valence-electron chi connectivity index (χ4n) is 1.97. The molecule has 4 nitrogen and oxygen atoms in total. The third kappa shape index (κ3) is 4.18. The van der Waals surface area contributed by atoms with Crippen molar-refractivity contribution in [3.05, 3.63) is 58.1 Å². The van der Waals surface area contributed by atoms with E-state index in [2.05, 4.69) is 0 Å². The summed E-state index contributed by atoms with van der Waals surface area (Å²) in [4.78, 5) is 10.8. The number of primary amides is 1. The summed E-state index contributed by atoms with van der Waals surface area (Å²) >= 11 is 5.94. The average Bonchev–Trinajstić information content (AvgIpc) is 2.52. The molecule has 1 amide bonds. The van der Waals surface area contributed by atoms with Crippen molar-refractivity contribution in [3.63, 3.8) is 0 Å². The summed E-state index contributed by atoms with van der Waals surface area (Å²) < 4.78 is 33.2. The van der Waals surface area contributed by atoms with Crippen LogP contribution in [0.15, 0.2) is 30.3 Å². The Morgan fingerprint density at radius 1 is 1.22 bits per heavy atom. The van der Waals surface area contributed by atoms with Crippen molar-refractivity contribution in [3.8, 4) is 11.5 Å². The number of amides is 1. The lowest BCUT2D eigenvalue weighted by atomic mass is 10.1. The number of aliphatic hydroxyl groups is 1. The lowest BCUT2D eigenvalue weighted by Crippen LogP contribution is -2.11. The number of benzene rings is 2. The predicted octanol–water partition coefficient (Wildman–Crippen LogP) is 3.32. The summed E-state index contributed by atoms with van der Waals surface area (Å²) in [6.45, 7) is -0.516. The minimum Gasteiger partial charge on any atom is -0.453 e. The van der Waals surface area contributed by atoms with Gasteiger partial charge in [0.25, 0.3) is 0 Å². The fraction of sp³-hybridized carbons (Fsp3) is 0.188. The summed E-state index contributed by atoms with van der Waals surface area (Å²) in [5, 5.41) is 9.07. The molecule has 0 unspecified atom stereocenters. The van der Waals surface area contributed by atoms with Gasteiger partial charge in [0, 0.05) is 12.0 Å². The molecule has 0 radical (unpaired) electrons. The summed E-state index contributed by atoms with van der Waals surface area (Å²) in [7, 11) is 0. The minimum atomic E-state index is -0.714. The fourth-order valence-corrected chi connectivity index (χ4v) is 2.16. The first kappa shape index (κ1) is 17.2. The first-order valence-electron chi connectivity index (χ1n) is 6.74. The van der Waals surface area contributed by atoms with Crippen LogP contribution < -0.4 is 10.5 Å². The van der Waals surface area contributed by atoms with Crippen LogP contribution >= 0.6 is 11.6 Å². The molecule has 0 aliphatic heterocycles. The van der Waals surface area contributed by atoms with Gasteiger partial charge in [0.15, 0.2) is 11.6 Å². The number of halogens is 3. The van der Waals surface area contributed by atoms with Crippen molar-refractivity contribution in [2.45, 2.75) is 19.4 Å². The lowest BCUT2D eigenvalue weighted by molar-refractivity contribution is -0.118. The van der Waals surface area contributed by atoms with Gasteiger partial charge in [-0.15, -0.1) is 0 Å². The Balaban J connectivity index is 2.31. The van der Waals surface area contributed by atoms with Gasteiger partial charge in [-0.25, -0.2) is 8.78 Å². The van der Waals surface area contributed by atoms with Crippen LogP contribution in [0.1, 0.15) is 17.5 Å². The van der Waals surface area contributed by atoms with Crippen LogP contribution in [0.3, 0.4) is 0 Å². The Morgan fingerprint density at radius 3 is 2.61 bits per heavy atom. The molecule has 0 atom stereocenters. The van der Waals surface area contributed by atoms with E-state index in [4.69, 9.17) is 27.2 Å². The van der Waals surface area contributed by atoms with Crippen LogP contribution in [0.2, 0.25) is 5.02 Å². The molecule has 2 aromatic rings. The SMILES string of the molecule is NC(=O)CCc1ccc(Cl)c(Oc2ccc(F)c(CO)c2)c1F. The topological polar surface area (TPSA) is 72.6 Å². The minimum absolute atomic E-state index is 0.0107. The maximum Gasteiger partial charge on any atom is 0.217 e. The molecule has 0 spiro atoms. The van der Waals surface area contributed by atoms with E-state index >= 15 is 0 Å². The highest BCUT2D eigenvalue weighted by Gasteiger charge is 2.16. The van der Waals surface area contributed by atoms with Gasteiger partial charge in [0.05, 0.1) is 11.6 Å². The largest absolute Gasteiger partial charge is 0.453 e. The number of rotatable bonds is 6. The molecule has 2 rings (SSSR count). The Kier molecular flexibility index (Phi) is 5.52. The van der Waals surface area contributed by atoms with Crippen molar-refractivity contribution >= 4 is 17.5 Å². The molecule has 0 aliphatic carbocycles.